The molecule has 0 unspecified atom stereocenters. The van der Waals surface area contributed by atoms with Crippen LogP contribution in [-0.4, -0.2) is 80.1 Å². The van der Waals surface area contributed by atoms with Gasteiger partial charge < -0.3 is 14.5 Å². The van der Waals surface area contributed by atoms with Gasteiger partial charge in [-0.1, -0.05) is 29.8 Å². The van der Waals surface area contributed by atoms with Gasteiger partial charge in [0, 0.05) is 32.7 Å². The maximum absolute atomic E-state index is 12.6. The summed E-state index contributed by atoms with van der Waals surface area (Å²) in [6, 6.07) is 7.53. The van der Waals surface area contributed by atoms with E-state index in [2.05, 4.69) is 0 Å². The fourth-order valence-corrected chi connectivity index (χ4v) is 3.52. The van der Waals surface area contributed by atoms with E-state index in [0.29, 0.717) is 32.8 Å². The fourth-order valence-electron chi connectivity index (χ4n) is 2.79. The van der Waals surface area contributed by atoms with Gasteiger partial charge in [0.05, 0.1) is 19.4 Å². The van der Waals surface area contributed by atoms with Crippen molar-refractivity contribution >= 4 is 22.0 Å². The summed E-state index contributed by atoms with van der Waals surface area (Å²) < 4.78 is 30.4. The lowest BCUT2D eigenvalue weighted by Gasteiger charge is -2.35. The number of rotatable bonds is 6. The average molecular weight is 397 g/mol. The maximum atomic E-state index is 12.6. The molecule has 2 amide bonds. The van der Waals surface area contributed by atoms with Gasteiger partial charge in [-0.3, -0.25) is 4.79 Å². The normalized spacial score (nSPS) is 15.1. The summed E-state index contributed by atoms with van der Waals surface area (Å²) in [6.45, 7) is 5.41. The highest BCUT2D eigenvalue weighted by atomic mass is 32.2. The Kier molecular flexibility index (Phi) is 7.20. The summed E-state index contributed by atoms with van der Waals surface area (Å²) in [5.74, 6) is -0.268. The number of hydrogen-bond donors (Lipinski definition) is 0. The van der Waals surface area contributed by atoms with Crippen molar-refractivity contribution in [2.24, 2.45) is 0 Å². The van der Waals surface area contributed by atoms with Crippen LogP contribution in [0.4, 0.5) is 4.79 Å². The van der Waals surface area contributed by atoms with Crippen molar-refractivity contribution in [2.75, 3.05) is 45.6 Å². The van der Waals surface area contributed by atoms with E-state index in [1.165, 1.54) is 4.31 Å². The molecule has 1 aromatic rings. The smallest absolute Gasteiger partial charge is 0.409 e. The van der Waals surface area contributed by atoms with Crippen molar-refractivity contribution in [3.8, 4) is 0 Å². The second-order valence-corrected chi connectivity index (χ2v) is 8.57. The molecule has 2 rings (SSSR count). The van der Waals surface area contributed by atoms with E-state index in [-0.39, 0.29) is 25.1 Å². The first-order valence-corrected chi connectivity index (χ1v) is 10.8. The van der Waals surface area contributed by atoms with Crippen LogP contribution >= 0.6 is 0 Å². The van der Waals surface area contributed by atoms with E-state index in [1.807, 2.05) is 31.2 Å². The molecule has 1 aliphatic heterocycles. The van der Waals surface area contributed by atoms with Gasteiger partial charge in [0.15, 0.2) is 0 Å². The lowest BCUT2D eigenvalue weighted by Crippen LogP contribution is -2.53. The Labute approximate surface area is 160 Å². The third kappa shape index (κ3) is 6.21. The Morgan fingerprint density at radius 2 is 1.63 bits per heavy atom. The summed E-state index contributed by atoms with van der Waals surface area (Å²) in [7, 11) is -3.54. The van der Waals surface area contributed by atoms with Gasteiger partial charge in [0.25, 0.3) is 0 Å². The second-order valence-electron chi connectivity index (χ2n) is 6.58. The predicted molar refractivity (Wildman–Crippen MR) is 102 cm³/mol. The fraction of sp³-hybridized carbons (Fsp3) is 0.556. The number of carbonyl (C=O) groups is 2. The lowest BCUT2D eigenvalue weighted by molar-refractivity contribution is -0.133. The van der Waals surface area contributed by atoms with E-state index in [9.17, 15) is 18.0 Å². The van der Waals surface area contributed by atoms with Gasteiger partial charge in [-0.2, -0.15) is 4.31 Å². The Hall–Kier alpha value is -2.13. The third-order valence-corrected chi connectivity index (χ3v) is 5.61. The van der Waals surface area contributed by atoms with Gasteiger partial charge in [-0.25, -0.2) is 13.2 Å². The van der Waals surface area contributed by atoms with Gasteiger partial charge in [0.1, 0.15) is 0 Å². The van der Waals surface area contributed by atoms with Crippen LogP contribution in [-0.2, 0) is 26.1 Å². The molecule has 150 valence electrons. The minimum atomic E-state index is -3.54. The molecule has 1 aromatic carbocycles. The summed E-state index contributed by atoms with van der Waals surface area (Å²) >= 11 is 0. The highest BCUT2D eigenvalue weighted by Gasteiger charge is 2.28. The van der Waals surface area contributed by atoms with Crippen LogP contribution in [0.1, 0.15) is 18.1 Å². The topological polar surface area (TPSA) is 87.2 Å². The minimum absolute atomic E-state index is 0.146. The van der Waals surface area contributed by atoms with E-state index >= 15 is 0 Å². The SMILES string of the molecule is CCOC(=O)N1CCN(C(=O)CN(Cc2ccc(C)cc2)S(C)(=O)=O)CC1. The Morgan fingerprint density at radius 1 is 1.07 bits per heavy atom. The first-order valence-electron chi connectivity index (χ1n) is 8.91. The van der Waals surface area contributed by atoms with Crippen LogP contribution in [0.25, 0.3) is 0 Å². The first kappa shape index (κ1) is 21.2. The molecule has 27 heavy (non-hydrogen) atoms. The van der Waals surface area contributed by atoms with Gasteiger partial charge in [-0.05, 0) is 19.4 Å². The largest absolute Gasteiger partial charge is 0.450 e. The number of sulfonamides is 1. The quantitative estimate of drug-likeness (QED) is 0.716. The molecule has 0 atom stereocenters. The van der Waals surface area contributed by atoms with Crippen molar-refractivity contribution < 1.29 is 22.7 Å². The maximum Gasteiger partial charge on any atom is 0.409 e. The average Bonchev–Trinajstić information content (AvgIpc) is 2.62. The molecule has 0 bridgehead atoms. The third-order valence-electron chi connectivity index (χ3n) is 4.42. The molecular formula is C18H27N3O5S. The van der Waals surface area contributed by atoms with Crippen LogP contribution in [0.3, 0.4) is 0 Å². The molecule has 0 radical (unpaired) electrons. The molecule has 0 N–H and O–H groups in total. The standard InChI is InChI=1S/C18H27N3O5S/c1-4-26-18(23)20-11-9-19(10-12-20)17(22)14-21(27(3,24)25)13-16-7-5-15(2)6-8-16/h5-8H,4,9-14H2,1-3H3. The molecule has 1 fully saturated rings. The van der Waals surface area contributed by atoms with Crippen molar-refractivity contribution in [2.45, 2.75) is 20.4 Å². The molecule has 1 aliphatic rings. The molecule has 0 spiro atoms. The van der Waals surface area contributed by atoms with Gasteiger partial charge >= 0.3 is 6.09 Å². The highest BCUT2D eigenvalue weighted by Crippen LogP contribution is 2.12. The number of piperazine rings is 1. The number of hydrogen-bond acceptors (Lipinski definition) is 5. The van der Waals surface area contributed by atoms with Crippen LogP contribution < -0.4 is 0 Å². The molecule has 8 nitrogen and oxygen atoms in total. The van der Waals surface area contributed by atoms with Crippen molar-refractivity contribution in [1.29, 1.82) is 0 Å². The van der Waals surface area contributed by atoms with Gasteiger partial charge in [0.2, 0.25) is 15.9 Å². The van der Waals surface area contributed by atoms with E-state index in [4.69, 9.17) is 4.74 Å². The van der Waals surface area contributed by atoms with E-state index < -0.39 is 10.0 Å². The molecule has 1 heterocycles. The first-order chi connectivity index (χ1) is 12.7. The van der Waals surface area contributed by atoms with E-state index in [0.717, 1.165) is 17.4 Å². The lowest BCUT2D eigenvalue weighted by atomic mass is 10.1. The Balaban J connectivity index is 1.96. The molecule has 1 saturated heterocycles. The summed E-state index contributed by atoms with van der Waals surface area (Å²) in [5.41, 5.74) is 1.91. The van der Waals surface area contributed by atoms with Crippen LogP contribution in [0, 0.1) is 6.92 Å². The summed E-state index contributed by atoms with van der Waals surface area (Å²) in [6.07, 6.45) is 0.717. The minimum Gasteiger partial charge on any atom is -0.450 e. The monoisotopic (exact) mass is 397 g/mol. The van der Waals surface area contributed by atoms with Crippen LogP contribution in [0.15, 0.2) is 24.3 Å². The highest BCUT2D eigenvalue weighted by molar-refractivity contribution is 7.88. The number of aryl methyl sites for hydroxylation is 1. The molecule has 0 aromatic heterocycles. The number of benzene rings is 1. The number of carbonyl (C=O) groups excluding carboxylic acids is 2. The zero-order valence-electron chi connectivity index (χ0n) is 16.1. The van der Waals surface area contributed by atoms with Crippen LogP contribution in [0.5, 0.6) is 0 Å². The molecule has 0 aliphatic carbocycles. The Morgan fingerprint density at radius 3 is 2.15 bits per heavy atom. The molecule has 9 heteroatoms. The van der Waals surface area contributed by atoms with Crippen LogP contribution in [0.2, 0.25) is 0 Å². The van der Waals surface area contributed by atoms with Gasteiger partial charge in [-0.15, -0.1) is 0 Å². The number of amides is 2. The summed E-state index contributed by atoms with van der Waals surface area (Å²) in [5, 5.41) is 0. The van der Waals surface area contributed by atoms with Crippen molar-refractivity contribution in [3.05, 3.63) is 35.4 Å². The second kappa shape index (κ2) is 9.18. The molecule has 0 saturated carbocycles. The zero-order valence-corrected chi connectivity index (χ0v) is 16.9. The zero-order chi connectivity index (χ0) is 20.0. The number of nitrogens with zero attached hydrogens (tertiary/aromatic N) is 3. The van der Waals surface area contributed by atoms with Crippen molar-refractivity contribution in [3.63, 3.8) is 0 Å². The predicted octanol–water partition coefficient (Wildman–Crippen LogP) is 1.06. The summed E-state index contributed by atoms with van der Waals surface area (Å²) in [4.78, 5) is 27.4. The van der Waals surface area contributed by atoms with E-state index in [1.54, 1.807) is 16.7 Å². The Bertz CT molecular complexity index is 756. The molecular weight excluding hydrogens is 370 g/mol. The van der Waals surface area contributed by atoms with Crippen molar-refractivity contribution in [1.82, 2.24) is 14.1 Å². The number of ether oxygens (including phenoxy) is 1.